The third-order valence-electron chi connectivity index (χ3n) is 2.85. The Balaban J connectivity index is 2.42. The van der Waals surface area contributed by atoms with E-state index in [0.717, 1.165) is 5.56 Å². The summed E-state index contributed by atoms with van der Waals surface area (Å²) in [7, 11) is 0. The van der Waals surface area contributed by atoms with Crippen LogP contribution in [-0.4, -0.2) is 12.2 Å². The van der Waals surface area contributed by atoms with Gasteiger partial charge in [-0.3, -0.25) is 0 Å². The molecule has 2 rings (SSSR count). The van der Waals surface area contributed by atoms with E-state index in [2.05, 4.69) is 9.98 Å². The van der Waals surface area contributed by atoms with Crippen molar-refractivity contribution < 1.29 is 9.59 Å². The molecule has 0 aromatic heterocycles. The van der Waals surface area contributed by atoms with Crippen molar-refractivity contribution in [2.75, 3.05) is 0 Å². The van der Waals surface area contributed by atoms with Crippen LogP contribution in [0.15, 0.2) is 64.2 Å². The molecule has 0 radical (unpaired) electrons. The largest absolute Gasteiger partial charge is 0.240 e. The van der Waals surface area contributed by atoms with E-state index < -0.39 is 5.54 Å². The van der Waals surface area contributed by atoms with E-state index in [-0.39, 0.29) is 0 Å². The van der Waals surface area contributed by atoms with Crippen molar-refractivity contribution in [1.29, 1.82) is 0 Å². The van der Waals surface area contributed by atoms with E-state index in [0.29, 0.717) is 12.1 Å². The van der Waals surface area contributed by atoms with E-state index in [9.17, 15) is 9.59 Å². The van der Waals surface area contributed by atoms with Crippen molar-refractivity contribution in [2.24, 2.45) is 9.98 Å². The summed E-state index contributed by atoms with van der Waals surface area (Å²) in [6.45, 7) is 0. The van der Waals surface area contributed by atoms with Crippen LogP contribution in [0.2, 0.25) is 0 Å². The molecule has 1 atom stereocenters. The first-order chi connectivity index (χ1) is 8.80. The molecule has 0 fully saturated rings. The van der Waals surface area contributed by atoms with Crippen LogP contribution in [-0.2, 0) is 15.1 Å². The van der Waals surface area contributed by atoms with Gasteiger partial charge in [0.25, 0.3) is 0 Å². The highest BCUT2D eigenvalue weighted by Crippen LogP contribution is 2.35. The molecule has 0 saturated heterocycles. The highest BCUT2D eigenvalue weighted by molar-refractivity contribution is 5.46. The van der Waals surface area contributed by atoms with Gasteiger partial charge >= 0.3 is 0 Å². The van der Waals surface area contributed by atoms with Crippen molar-refractivity contribution in [3.05, 3.63) is 59.8 Å². The standard InChI is InChI=1S/C14H10N2O2/c17-10-15-13-6-8-14(9-7-13,16-11-18)12-4-2-1-3-5-12/h1-8H,9H2. The summed E-state index contributed by atoms with van der Waals surface area (Å²) in [5.74, 6) is 0. The smallest absolute Gasteiger partial charge is 0.211 e. The van der Waals surface area contributed by atoms with Crippen molar-refractivity contribution in [3.63, 3.8) is 0 Å². The van der Waals surface area contributed by atoms with Gasteiger partial charge in [0.1, 0.15) is 5.54 Å². The number of aliphatic imine (C=N–C) groups is 2. The Morgan fingerprint density at radius 3 is 2.44 bits per heavy atom. The molecule has 0 N–H and O–H groups in total. The number of hydrogen-bond donors (Lipinski definition) is 0. The number of isocyanates is 2. The Morgan fingerprint density at radius 2 is 1.89 bits per heavy atom. The first-order valence-electron chi connectivity index (χ1n) is 5.42. The second-order valence-electron chi connectivity index (χ2n) is 3.86. The lowest BCUT2D eigenvalue weighted by Gasteiger charge is -2.26. The molecule has 1 aliphatic carbocycles. The highest BCUT2D eigenvalue weighted by Gasteiger charge is 2.30. The fourth-order valence-electron chi connectivity index (χ4n) is 1.92. The predicted octanol–water partition coefficient (Wildman–Crippen LogP) is 2.40. The van der Waals surface area contributed by atoms with E-state index in [1.54, 1.807) is 24.3 Å². The van der Waals surface area contributed by atoms with Crippen LogP contribution in [0.1, 0.15) is 12.0 Å². The quantitative estimate of drug-likeness (QED) is 0.599. The summed E-state index contributed by atoms with van der Waals surface area (Å²) in [6, 6.07) is 9.45. The monoisotopic (exact) mass is 238 g/mol. The van der Waals surface area contributed by atoms with Gasteiger partial charge in [-0.15, -0.1) is 0 Å². The molecule has 0 saturated carbocycles. The Morgan fingerprint density at radius 1 is 1.11 bits per heavy atom. The second kappa shape index (κ2) is 5.19. The molecular weight excluding hydrogens is 228 g/mol. The number of carbonyl (C=O) groups excluding carboxylic acids is 2. The zero-order valence-electron chi connectivity index (χ0n) is 9.54. The summed E-state index contributed by atoms with van der Waals surface area (Å²) >= 11 is 0. The van der Waals surface area contributed by atoms with E-state index in [1.807, 2.05) is 30.3 Å². The second-order valence-corrected chi connectivity index (χ2v) is 3.86. The molecule has 1 aliphatic rings. The van der Waals surface area contributed by atoms with Crippen molar-refractivity contribution in [2.45, 2.75) is 12.0 Å². The number of hydrogen-bond acceptors (Lipinski definition) is 4. The molecule has 18 heavy (non-hydrogen) atoms. The van der Waals surface area contributed by atoms with Crippen molar-refractivity contribution in [3.8, 4) is 0 Å². The first kappa shape index (κ1) is 11.9. The van der Waals surface area contributed by atoms with Gasteiger partial charge in [0, 0.05) is 6.42 Å². The maximum Gasteiger partial charge on any atom is 0.240 e. The molecular formula is C14H10N2O2. The molecule has 1 aromatic carbocycles. The lowest BCUT2D eigenvalue weighted by Crippen LogP contribution is -2.21. The zero-order valence-corrected chi connectivity index (χ0v) is 9.54. The van der Waals surface area contributed by atoms with E-state index in [4.69, 9.17) is 0 Å². The molecule has 0 heterocycles. The van der Waals surface area contributed by atoms with E-state index in [1.165, 1.54) is 6.08 Å². The molecule has 4 heteroatoms. The van der Waals surface area contributed by atoms with Gasteiger partial charge in [0.15, 0.2) is 0 Å². The lowest BCUT2D eigenvalue weighted by atomic mass is 9.84. The maximum atomic E-state index is 10.6. The molecule has 4 nitrogen and oxygen atoms in total. The van der Waals surface area contributed by atoms with Crippen LogP contribution in [0.4, 0.5) is 0 Å². The van der Waals surface area contributed by atoms with Crippen LogP contribution < -0.4 is 0 Å². The number of nitrogens with zero attached hydrogens (tertiary/aromatic N) is 2. The first-order valence-corrected chi connectivity index (χ1v) is 5.42. The van der Waals surface area contributed by atoms with Gasteiger partial charge in [-0.05, 0) is 17.7 Å². The molecule has 1 unspecified atom stereocenters. The maximum absolute atomic E-state index is 10.6. The number of rotatable bonds is 3. The van der Waals surface area contributed by atoms with Gasteiger partial charge in [0.2, 0.25) is 12.2 Å². The van der Waals surface area contributed by atoms with Gasteiger partial charge in [-0.25, -0.2) is 9.59 Å². The highest BCUT2D eigenvalue weighted by atomic mass is 16.1. The average Bonchev–Trinajstić information content (AvgIpc) is 2.43. The Bertz CT molecular complexity index is 591. The fraction of sp³-hybridized carbons (Fsp3) is 0.143. The third kappa shape index (κ3) is 2.25. The zero-order chi connectivity index (χ0) is 12.8. The predicted molar refractivity (Wildman–Crippen MR) is 66.2 cm³/mol. The van der Waals surface area contributed by atoms with E-state index >= 15 is 0 Å². The van der Waals surface area contributed by atoms with Crippen LogP contribution in [0, 0.1) is 0 Å². The van der Waals surface area contributed by atoms with Gasteiger partial charge < -0.3 is 0 Å². The van der Waals surface area contributed by atoms with Crippen LogP contribution in [0.3, 0.4) is 0 Å². The summed E-state index contributed by atoms with van der Waals surface area (Å²) < 4.78 is 0. The Hall–Kier alpha value is -2.54. The Labute approximate surface area is 104 Å². The van der Waals surface area contributed by atoms with Crippen molar-refractivity contribution >= 4 is 12.2 Å². The summed E-state index contributed by atoms with van der Waals surface area (Å²) in [4.78, 5) is 28.2. The minimum atomic E-state index is -0.745. The van der Waals surface area contributed by atoms with Gasteiger partial charge in [-0.1, -0.05) is 36.4 Å². The summed E-state index contributed by atoms with van der Waals surface area (Å²) in [5, 5.41) is 0. The third-order valence-corrected chi connectivity index (χ3v) is 2.85. The fourth-order valence-corrected chi connectivity index (χ4v) is 1.92. The Kier molecular flexibility index (Phi) is 3.44. The molecule has 0 spiro atoms. The van der Waals surface area contributed by atoms with Crippen LogP contribution >= 0.6 is 0 Å². The minimum Gasteiger partial charge on any atom is -0.211 e. The van der Waals surface area contributed by atoms with Gasteiger partial charge in [0.05, 0.1) is 5.70 Å². The van der Waals surface area contributed by atoms with Crippen molar-refractivity contribution in [1.82, 2.24) is 0 Å². The molecule has 0 bridgehead atoms. The number of benzene rings is 1. The van der Waals surface area contributed by atoms with Crippen LogP contribution in [0.25, 0.3) is 0 Å². The van der Waals surface area contributed by atoms with Crippen LogP contribution in [0.5, 0.6) is 0 Å². The average molecular weight is 238 g/mol. The van der Waals surface area contributed by atoms with Gasteiger partial charge in [-0.2, -0.15) is 9.98 Å². The SMILES string of the molecule is O=C=NC1=CCC(N=C=O)(c2ccccc2)C=C1. The molecule has 0 amide bonds. The lowest BCUT2D eigenvalue weighted by molar-refractivity contribution is 0.527. The minimum absolute atomic E-state index is 0.462. The molecule has 1 aromatic rings. The topological polar surface area (TPSA) is 58.9 Å². The normalized spacial score (nSPS) is 21.4. The molecule has 88 valence electrons. The number of allylic oxidation sites excluding steroid dienone is 1. The summed E-state index contributed by atoms with van der Waals surface area (Å²) in [6.07, 6.45) is 8.71. The summed E-state index contributed by atoms with van der Waals surface area (Å²) in [5.41, 5.74) is 0.679. The molecule has 0 aliphatic heterocycles.